The summed E-state index contributed by atoms with van der Waals surface area (Å²) in [7, 11) is 1.19. The van der Waals surface area contributed by atoms with Crippen molar-refractivity contribution in [1.29, 1.82) is 0 Å². The molecule has 1 aromatic heterocycles. The predicted molar refractivity (Wildman–Crippen MR) is 51.2 cm³/mol. The molecule has 1 rings (SSSR count). The molecule has 1 unspecified atom stereocenters. The second kappa shape index (κ2) is 4.76. The third kappa shape index (κ3) is 2.56. The van der Waals surface area contributed by atoms with Crippen molar-refractivity contribution in [2.24, 2.45) is 5.92 Å². The summed E-state index contributed by atoms with van der Waals surface area (Å²) in [6.45, 7) is 0. The first-order valence-corrected chi connectivity index (χ1v) is 4.86. The van der Waals surface area contributed by atoms with Gasteiger partial charge in [0.25, 0.3) is 0 Å². The number of carboxylic acids is 1. The molecule has 1 aromatic rings. The van der Waals surface area contributed by atoms with Crippen LogP contribution >= 0.6 is 11.3 Å². The number of aliphatic carboxylic acids is 1. The molecule has 76 valence electrons. The summed E-state index contributed by atoms with van der Waals surface area (Å²) in [4.78, 5) is 22.7. The Balaban J connectivity index is 2.70. The van der Waals surface area contributed by atoms with Gasteiger partial charge >= 0.3 is 11.9 Å². The molecule has 0 amide bonds. The largest absolute Gasteiger partial charge is 0.481 e. The highest BCUT2D eigenvalue weighted by Gasteiger charge is 2.27. The Labute approximate surface area is 85.1 Å². The number of hydrogen-bond acceptors (Lipinski definition) is 4. The SMILES string of the molecule is COC(=O)C(Cc1cccs1)C(=O)O. The van der Waals surface area contributed by atoms with E-state index in [-0.39, 0.29) is 6.42 Å². The second-order valence-electron chi connectivity index (χ2n) is 2.70. The van der Waals surface area contributed by atoms with Gasteiger partial charge in [0.15, 0.2) is 5.92 Å². The fourth-order valence-corrected chi connectivity index (χ4v) is 1.80. The summed E-state index contributed by atoms with van der Waals surface area (Å²) >= 11 is 1.43. The maximum atomic E-state index is 11.1. The topological polar surface area (TPSA) is 63.6 Å². The number of ether oxygens (including phenoxy) is 1. The Morgan fingerprint density at radius 1 is 1.64 bits per heavy atom. The molecule has 0 aliphatic carbocycles. The zero-order chi connectivity index (χ0) is 10.6. The van der Waals surface area contributed by atoms with Crippen molar-refractivity contribution in [2.75, 3.05) is 7.11 Å². The molecule has 0 saturated carbocycles. The summed E-state index contributed by atoms with van der Waals surface area (Å²) in [6, 6.07) is 3.61. The first-order chi connectivity index (χ1) is 6.65. The van der Waals surface area contributed by atoms with Crippen LogP contribution in [0.1, 0.15) is 4.88 Å². The average molecular weight is 214 g/mol. The third-order valence-corrected chi connectivity index (χ3v) is 2.67. The van der Waals surface area contributed by atoms with Crippen LogP contribution in [0.3, 0.4) is 0 Å². The fourth-order valence-electron chi connectivity index (χ4n) is 1.04. The van der Waals surface area contributed by atoms with Gasteiger partial charge in [0.2, 0.25) is 0 Å². The Morgan fingerprint density at radius 2 is 2.36 bits per heavy atom. The molecule has 1 atom stereocenters. The number of carbonyl (C=O) groups is 2. The van der Waals surface area contributed by atoms with Crippen LogP contribution in [0.4, 0.5) is 0 Å². The minimum absolute atomic E-state index is 0.194. The minimum atomic E-state index is -1.15. The highest BCUT2D eigenvalue weighted by atomic mass is 32.1. The van der Waals surface area contributed by atoms with Crippen molar-refractivity contribution >= 4 is 23.3 Å². The van der Waals surface area contributed by atoms with Crippen LogP contribution in [0.5, 0.6) is 0 Å². The molecule has 1 N–H and O–H groups in total. The van der Waals surface area contributed by atoms with Gasteiger partial charge in [0.05, 0.1) is 7.11 Å². The van der Waals surface area contributed by atoms with Crippen molar-refractivity contribution in [3.8, 4) is 0 Å². The zero-order valence-corrected chi connectivity index (χ0v) is 8.41. The molecule has 0 aliphatic heterocycles. The Morgan fingerprint density at radius 3 is 2.79 bits per heavy atom. The standard InChI is InChI=1S/C9H10O4S/c1-13-9(12)7(8(10)11)5-6-3-2-4-14-6/h2-4,7H,5H2,1H3,(H,10,11). The molecule has 0 spiro atoms. The van der Waals surface area contributed by atoms with E-state index in [4.69, 9.17) is 5.11 Å². The summed E-state index contributed by atoms with van der Waals surface area (Å²) in [6.07, 6.45) is 0.194. The first-order valence-electron chi connectivity index (χ1n) is 3.98. The molecular weight excluding hydrogens is 204 g/mol. The second-order valence-corrected chi connectivity index (χ2v) is 3.73. The molecule has 0 aromatic carbocycles. The van der Waals surface area contributed by atoms with Crippen molar-refractivity contribution in [2.45, 2.75) is 6.42 Å². The lowest BCUT2D eigenvalue weighted by Crippen LogP contribution is -2.26. The van der Waals surface area contributed by atoms with Gasteiger partial charge in [-0.3, -0.25) is 9.59 Å². The highest BCUT2D eigenvalue weighted by Crippen LogP contribution is 2.15. The van der Waals surface area contributed by atoms with Crippen molar-refractivity contribution in [3.63, 3.8) is 0 Å². The van der Waals surface area contributed by atoms with Gasteiger partial charge in [-0.15, -0.1) is 11.3 Å². The molecule has 5 heteroatoms. The highest BCUT2D eigenvalue weighted by molar-refractivity contribution is 7.09. The number of methoxy groups -OCH3 is 1. The van der Waals surface area contributed by atoms with E-state index in [1.54, 1.807) is 6.07 Å². The fraction of sp³-hybridized carbons (Fsp3) is 0.333. The van der Waals surface area contributed by atoms with Crippen molar-refractivity contribution in [1.82, 2.24) is 0 Å². The van der Waals surface area contributed by atoms with E-state index in [1.165, 1.54) is 18.4 Å². The van der Waals surface area contributed by atoms with Crippen LogP contribution in [-0.2, 0) is 20.7 Å². The van der Waals surface area contributed by atoms with Crippen molar-refractivity contribution in [3.05, 3.63) is 22.4 Å². The minimum Gasteiger partial charge on any atom is -0.481 e. The smallest absolute Gasteiger partial charge is 0.320 e. The van der Waals surface area contributed by atoms with E-state index in [0.717, 1.165) is 4.88 Å². The Kier molecular flexibility index (Phi) is 3.64. The number of hydrogen-bond donors (Lipinski definition) is 1. The quantitative estimate of drug-likeness (QED) is 0.603. The third-order valence-electron chi connectivity index (χ3n) is 1.77. The van der Waals surface area contributed by atoms with E-state index >= 15 is 0 Å². The zero-order valence-electron chi connectivity index (χ0n) is 7.60. The number of carbonyl (C=O) groups excluding carboxylic acids is 1. The van der Waals surface area contributed by atoms with E-state index in [1.807, 2.05) is 11.4 Å². The summed E-state index contributed by atoms with van der Waals surface area (Å²) < 4.78 is 4.41. The molecule has 0 saturated heterocycles. The van der Waals surface area contributed by atoms with E-state index in [2.05, 4.69) is 4.74 Å². The number of esters is 1. The molecule has 0 bridgehead atoms. The number of rotatable bonds is 4. The molecule has 0 radical (unpaired) electrons. The number of carboxylic acid groups (broad SMARTS) is 1. The van der Waals surface area contributed by atoms with Crippen LogP contribution < -0.4 is 0 Å². The van der Waals surface area contributed by atoms with Gasteiger partial charge in [-0.2, -0.15) is 0 Å². The van der Waals surface area contributed by atoms with Crippen LogP contribution in [0.2, 0.25) is 0 Å². The van der Waals surface area contributed by atoms with Gasteiger partial charge < -0.3 is 9.84 Å². The molecule has 1 heterocycles. The Bertz CT molecular complexity index is 318. The monoisotopic (exact) mass is 214 g/mol. The molecule has 0 aliphatic rings. The van der Waals surface area contributed by atoms with E-state index < -0.39 is 17.9 Å². The first kappa shape index (κ1) is 10.7. The van der Waals surface area contributed by atoms with E-state index in [9.17, 15) is 9.59 Å². The van der Waals surface area contributed by atoms with Crippen LogP contribution in [0.25, 0.3) is 0 Å². The maximum Gasteiger partial charge on any atom is 0.320 e. The van der Waals surface area contributed by atoms with Crippen molar-refractivity contribution < 1.29 is 19.4 Å². The molecule has 14 heavy (non-hydrogen) atoms. The van der Waals surface area contributed by atoms with Gasteiger partial charge in [-0.1, -0.05) is 6.07 Å². The normalized spacial score (nSPS) is 12.1. The number of thiophene rings is 1. The van der Waals surface area contributed by atoms with Crippen LogP contribution in [0, 0.1) is 5.92 Å². The van der Waals surface area contributed by atoms with Gasteiger partial charge in [-0.05, 0) is 11.4 Å². The summed E-state index contributed by atoms with van der Waals surface area (Å²) in [5.74, 6) is -2.95. The van der Waals surface area contributed by atoms with Gasteiger partial charge in [0.1, 0.15) is 0 Å². The lowest BCUT2D eigenvalue weighted by atomic mass is 10.1. The average Bonchev–Trinajstić information content (AvgIpc) is 2.65. The summed E-state index contributed by atoms with van der Waals surface area (Å²) in [5.41, 5.74) is 0. The lowest BCUT2D eigenvalue weighted by molar-refractivity contribution is -0.156. The van der Waals surface area contributed by atoms with Gasteiger partial charge in [0, 0.05) is 11.3 Å². The van der Waals surface area contributed by atoms with Crippen LogP contribution in [-0.4, -0.2) is 24.2 Å². The molecule has 0 fully saturated rings. The van der Waals surface area contributed by atoms with Crippen LogP contribution in [0.15, 0.2) is 17.5 Å². The lowest BCUT2D eigenvalue weighted by Gasteiger charge is -2.07. The van der Waals surface area contributed by atoms with E-state index in [0.29, 0.717) is 0 Å². The van der Waals surface area contributed by atoms with Gasteiger partial charge in [-0.25, -0.2) is 0 Å². The summed E-state index contributed by atoms with van der Waals surface area (Å²) in [5, 5.41) is 10.6. The molecular formula is C9H10O4S. The predicted octanol–water partition coefficient (Wildman–Crippen LogP) is 1.16. The molecule has 4 nitrogen and oxygen atoms in total. The maximum absolute atomic E-state index is 11.1. The Hall–Kier alpha value is -1.36.